The van der Waals surface area contributed by atoms with Crippen molar-refractivity contribution in [3.63, 3.8) is 0 Å². The van der Waals surface area contributed by atoms with Gasteiger partial charge >= 0.3 is 0 Å². The van der Waals surface area contributed by atoms with E-state index < -0.39 is 11.4 Å². The summed E-state index contributed by atoms with van der Waals surface area (Å²) in [6.45, 7) is 5.15. The molecule has 2 rings (SSSR count). The standard InChI is InChI=1S/C12H17NO3/c1-2-12(16)8-9(10(14)11(12)15)13-6-4-3-5-7-13/h2,14,16H,1,3-8H2. The topological polar surface area (TPSA) is 60.8 Å². The number of ketones is 1. The summed E-state index contributed by atoms with van der Waals surface area (Å²) in [6.07, 6.45) is 4.68. The molecule has 0 aromatic rings. The third-order valence-corrected chi connectivity index (χ3v) is 3.39. The number of carbonyl (C=O) groups is 1. The zero-order valence-electron chi connectivity index (χ0n) is 9.28. The summed E-state index contributed by atoms with van der Waals surface area (Å²) in [5, 5.41) is 19.7. The van der Waals surface area contributed by atoms with E-state index in [2.05, 4.69) is 6.58 Å². The van der Waals surface area contributed by atoms with Crippen LogP contribution in [0.1, 0.15) is 25.7 Å². The first-order chi connectivity index (χ1) is 7.58. The molecule has 1 aliphatic heterocycles. The molecule has 1 fully saturated rings. The number of Topliss-reactive ketones (excluding diaryl/α,β-unsaturated/α-hetero) is 1. The molecular formula is C12H17NO3. The van der Waals surface area contributed by atoms with Crippen LogP contribution in [0.25, 0.3) is 0 Å². The summed E-state index contributed by atoms with van der Waals surface area (Å²) < 4.78 is 0. The number of piperidine rings is 1. The van der Waals surface area contributed by atoms with Crippen LogP contribution in [0.2, 0.25) is 0 Å². The molecule has 88 valence electrons. The van der Waals surface area contributed by atoms with Gasteiger partial charge in [0.05, 0.1) is 5.70 Å². The minimum Gasteiger partial charge on any atom is -0.503 e. The fraction of sp³-hybridized carbons (Fsp3) is 0.583. The van der Waals surface area contributed by atoms with Crippen molar-refractivity contribution in [3.05, 3.63) is 24.1 Å². The van der Waals surface area contributed by atoms with Crippen molar-refractivity contribution in [1.82, 2.24) is 4.90 Å². The Morgan fingerprint density at radius 3 is 2.44 bits per heavy atom. The largest absolute Gasteiger partial charge is 0.503 e. The first-order valence-corrected chi connectivity index (χ1v) is 5.66. The van der Waals surface area contributed by atoms with E-state index in [1.807, 2.05) is 4.90 Å². The zero-order chi connectivity index (χ0) is 11.8. The number of hydrogen-bond donors (Lipinski definition) is 2. The Labute approximate surface area is 94.9 Å². The molecule has 1 aliphatic carbocycles. The zero-order valence-corrected chi connectivity index (χ0v) is 9.28. The second-order valence-electron chi connectivity index (χ2n) is 4.48. The monoisotopic (exact) mass is 223 g/mol. The highest BCUT2D eigenvalue weighted by atomic mass is 16.3. The van der Waals surface area contributed by atoms with Crippen LogP contribution in [0.15, 0.2) is 24.1 Å². The molecule has 0 bridgehead atoms. The molecule has 4 heteroatoms. The lowest BCUT2D eigenvalue weighted by Gasteiger charge is -2.30. The average Bonchev–Trinajstić information content (AvgIpc) is 2.56. The van der Waals surface area contributed by atoms with Gasteiger partial charge in [-0.25, -0.2) is 0 Å². The van der Waals surface area contributed by atoms with Crippen LogP contribution >= 0.6 is 0 Å². The van der Waals surface area contributed by atoms with Crippen LogP contribution in [-0.4, -0.2) is 39.6 Å². The first kappa shape index (κ1) is 11.2. The maximum Gasteiger partial charge on any atom is 0.234 e. The van der Waals surface area contributed by atoms with Crippen molar-refractivity contribution < 1.29 is 15.0 Å². The van der Waals surface area contributed by atoms with Crippen LogP contribution < -0.4 is 0 Å². The van der Waals surface area contributed by atoms with E-state index in [9.17, 15) is 15.0 Å². The smallest absolute Gasteiger partial charge is 0.234 e. The Hall–Kier alpha value is -1.29. The molecule has 1 atom stereocenters. The molecule has 0 spiro atoms. The SMILES string of the molecule is C=CC1(O)CC(N2CCCCC2)=C(O)C1=O. The van der Waals surface area contributed by atoms with E-state index in [1.54, 1.807) is 0 Å². The van der Waals surface area contributed by atoms with Gasteiger partial charge in [-0.1, -0.05) is 12.7 Å². The van der Waals surface area contributed by atoms with Gasteiger partial charge in [0.25, 0.3) is 0 Å². The van der Waals surface area contributed by atoms with Gasteiger partial charge in [0, 0.05) is 19.5 Å². The van der Waals surface area contributed by atoms with Crippen molar-refractivity contribution in [1.29, 1.82) is 0 Å². The summed E-state index contributed by atoms with van der Waals surface area (Å²) in [6, 6.07) is 0. The normalized spacial score (nSPS) is 31.1. The third kappa shape index (κ3) is 1.63. The highest BCUT2D eigenvalue weighted by Gasteiger charge is 2.45. The molecule has 2 N–H and O–H groups in total. The van der Waals surface area contributed by atoms with Gasteiger partial charge < -0.3 is 15.1 Å². The van der Waals surface area contributed by atoms with Crippen LogP contribution in [0.3, 0.4) is 0 Å². The van der Waals surface area contributed by atoms with Gasteiger partial charge in [-0.3, -0.25) is 4.79 Å². The second kappa shape index (κ2) is 3.94. The molecular weight excluding hydrogens is 206 g/mol. The minimum atomic E-state index is -1.60. The summed E-state index contributed by atoms with van der Waals surface area (Å²) in [4.78, 5) is 13.7. The fourth-order valence-electron chi connectivity index (χ4n) is 2.35. The maximum atomic E-state index is 11.7. The average molecular weight is 223 g/mol. The molecule has 1 heterocycles. The predicted octanol–water partition coefficient (Wildman–Crippen LogP) is 1.13. The summed E-state index contributed by atoms with van der Waals surface area (Å²) >= 11 is 0. The van der Waals surface area contributed by atoms with Gasteiger partial charge in [-0.2, -0.15) is 0 Å². The van der Waals surface area contributed by atoms with Crippen LogP contribution in [0.5, 0.6) is 0 Å². The number of carbonyl (C=O) groups excluding carboxylic acids is 1. The van der Waals surface area contributed by atoms with Gasteiger partial charge in [0.15, 0.2) is 11.4 Å². The second-order valence-corrected chi connectivity index (χ2v) is 4.48. The Kier molecular flexibility index (Phi) is 2.76. The Morgan fingerprint density at radius 2 is 1.94 bits per heavy atom. The summed E-state index contributed by atoms with van der Waals surface area (Å²) in [5.74, 6) is -0.910. The molecule has 0 saturated carbocycles. The number of aliphatic hydroxyl groups is 2. The molecule has 1 unspecified atom stereocenters. The first-order valence-electron chi connectivity index (χ1n) is 5.66. The fourth-order valence-corrected chi connectivity index (χ4v) is 2.35. The summed E-state index contributed by atoms with van der Waals surface area (Å²) in [7, 11) is 0. The maximum absolute atomic E-state index is 11.7. The van der Waals surface area contributed by atoms with E-state index in [0.29, 0.717) is 5.70 Å². The molecule has 2 aliphatic rings. The van der Waals surface area contributed by atoms with Gasteiger partial charge in [-0.15, -0.1) is 0 Å². The van der Waals surface area contributed by atoms with Crippen molar-refractivity contribution in [2.24, 2.45) is 0 Å². The lowest BCUT2D eigenvalue weighted by atomic mass is 9.99. The van der Waals surface area contributed by atoms with Crippen molar-refractivity contribution in [3.8, 4) is 0 Å². The Balaban J connectivity index is 2.22. The molecule has 0 aromatic heterocycles. The number of hydrogen-bond acceptors (Lipinski definition) is 4. The molecule has 0 aromatic carbocycles. The quantitative estimate of drug-likeness (QED) is 0.689. The van der Waals surface area contributed by atoms with E-state index >= 15 is 0 Å². The lowest BCUT2D eigenvalue weighted by molar-refractivity contribution is -0.129. The Morgan fingerprint density at radius 1 is 1.31 bits per heavy atom. The number of rotatable bonds is 2. The Bertz CT molecular complexity index is 355. The van der Waals surface area contributed by atoms with Crippen molar-refractivity contribution >= 4 is 5.78 Å². The molecule has 0 radical (unpaired) electrons. The van der Waals surface area contributed by atoms with Crippen molar-refractivity contribution in [2.45, 2.75) is 31.3 Å². The summed E-state index contributed by atoms with van der Waals surface area (Å²) in [5.41, 5.74) is -1.02. The van der Waals surface area contributed by atoms with Crippen LogP contribution in [0, 0.1) is 0 Å². The number of likely N-dealkylation sites (tertiary alicyclic amines) is 1. The van der Waals surface area contributed by atoms with Crippen molar-refractivity contribution in [2.75, 3.05) is 13.1 Å². The van der Waals surface area contributed by atoms with E-state index in [4.69, 9.17) is 0 Å². The molecule has 4 nitrogen and oxygen atoms in total. The van der Waals surface area contributed by atoms with Crippen LogP contribution in [-0.2, 0) is 4.79 Å². The third-order valence-electron chi connectivity index (χ3n) is 3.39. The van der Waals surface area contributed by atoms with E-state index in [0.717, 1.165) is 25.9 Å². The molecule has 0 amide bonds. The van der Waals surface area contributed by atoms with Gasteiger partial charge in [0.2, 0.25) is 5.78 Å². The molecule has 1 saturated heterocycles. The van der Waals surface area contributed by atoms with Crippen LogP contribution in [0.4, 0.5) is 0 Å². The molecule has 16 heavy (non-hydrogen) atoms. The van der Waals surface area contributed by atoms with Gasteiger partial charge in [0.1, 0.15) is 0 Å². The minimum absolute atomic E-state index is 0.154. The van der Waals surface area contributed by atoms with E-state index in [-0.39, 0.29) is 12.2 Å². The van der Waals surface area contributed by atoms with Gasteiger partial charge in [-0.05, 0) is 19.3 Å². The lowest BCUT2D eigenvalue weighted by Crippen LogP contribution is -2.34. The number of nitrogens with zero attached hydrogens (tertiary/aromatic N) is 1. The van der Waals surface area contributed by atoms with E-state index in [1.165, 1.54) is 12.5 Å². The highest BCUT2D eigenvalue weighted by Crippen LogP contribution is 2.34. The predicted molar refractivity (Wildman–Crippen MR) is 59.8 cm³/mol. The highest BCUT2D eigenvalue weighted by molar-refractivity contribution is 6.04. The number of aliphatic hydroxyl groups excluding tert-OH is 1.